The fraction of sp³-hybridized carbons (Fsp3) is 0.273. The minimum Gasteiger partial charge on any atom is -0.497 e. The Morgan fingerprint density at radius 2 is 1.73 bits per heavy atom. The van der Waals surface area contributed by atoms with E-state index in [0.717, 1.165) is 4.31 Å². The number of ether oxygens (including phenoxy) is 1. The smallest absolute Gasteiger partial charge is 0.265 e. The first-order chi connectivity index (χ1) is 14.4. The predicted molar refractivity (Wildman–Crippen MR) is 117 cm³/mol. The number of rotatable bonds is 8. The fourth-order valence-electron chi connectivity index (χ4n) is 3.30. The van der Waals surface area contributed by atoms with E-state index in [9.17, 15) is 13.2 Å². The van der Waals surface area contributed by atoms with Crippen LogP contribution in [-0.2, 0) is 14.8 Å². The van der Waals surface area contributed by atoms with Crippen molar-refractivity contribution in [2.75, 3.05) is 31.0 Å². The number of benzene rings is 2. The SMILES string of the molecule is CCN(CC)C(=O)CN(c1ccc(OC)cc1)S(=O)(=O)c1cccc2cnccc12. The van der Waals surface area contributed by atoms with Gasteiger partial charge in [-0.05, 0) is 50.2 Å². The Hall–Kier alpha value is -3.13. The molecule has 0 fully saturated rings. The average Bonchev–Trinajstić information content (AvgIpc) is 2.78. The first kappa shape index (κ1) is 21.6. The van der Waals surface area contributed by atoms with Crippen molar-refractivity contribution in [2.24, 2.45) is 0 Å². The lowest BCUT2D eigenvalue weighted by atomic mass is 10.2. The largest absolute Gasteiger partial charge is 0.497 e. The number of anilines is 1. The van der Waals surface area contributed by atoms with Gasteiger partial charge in [-0.25, -0.2) is 8.42 Å². The zero-order valence-electron chi connectivity index (χ0n) is 17.3. The fourth-order valence-corrected chi connectivity index (χ4v) is 4.93. The van der Waals surface area contributed by atoms with E-state index in [-0.39, 0.29) is 17.3 Å². The van der Waals surface area contributed by atoms with Crippen molar-refractivity contribution in [3.8, 4) is 5.75 Å². The van der Waals surface area contributed by atoms with E-state index in [2.05, 4.69) is 4.98 Å². The molecule has 0 atom stereocenters. The number of hydrogen-bond donors (Lipinski definition) is 0. The first-order valence-electron chi connectivity index (χ1n) is 9.69. The second-order valence-corrected chi connectivity index (χ2v) is 8.46. The average molecular weight is 428 g/mol. The number of nitrogens with zero attached hydrogens (tertiary/aromatic N) is 3. The van der Waals surface area contributed by atoms with Gasteiger partial charge < -0.3 is 9.64 Å². The standard InChI is InChI=1S/C22H25N3O4S/c1-4-24(5-2)22(26)16-25(18-9-11-19(29-3)12-10-18)30(27,28)21-8-6-7-17-15-23-14-13-20(17)21/h6-15H,4-5,16H2,1-3H3. The number of hydrogen-bond acceptors (Lipinski definition) is 5. The number of sulfonamides is 1. The molecule has 1 aromatic heterocycles. The summed E-state index contributed by atoms with van der Waals surface area (Å²) in [4.78, 5) is 18.6. The third kappa shape index (κ3) is 4.23. The number of methoxy groups -OCH3 is 1. The number of carbonyl (C=O) groups is 1. The van der Waals surface area contributed by atoms with E-state index in [1.165, 1.54) is 7.11 Å². The van der Waals surface area contributed by atoms with Gasteiger partial charge in [-0.15, -0.1) is 0 Å². The molecule has 3 rings (SSSR count). The highest BCUT2D eigenvalue weighted by molar-refractivity contribution is 7.93. The van der Waals surface area contributed by atoms with Crippen molar-refractivity contribution in [3.05, 3.63) is 60.9 Å². The van der Waals surface area contributed by atoms with E-state index in [1.54, 1.807) is 65.8 Å². The first-order valence-corrected chi connectivity index (χ1v) is 11.1. The van der Waals surface area contributed by atoms with E-state index in [4.69, 9.17) is 4.74 Å². The zero-order chi connectivity index (χ0) is 21.7. The van der Waals surface area contributed by atoms with Crippen molar-refractivity contribution in [2.45, 2.75) is 18.7 Å². The third-order valence-corrected chi connectivity index (χ3v) is 6.80. The highest BCUT2D eigenvalue weighted by Gasteiger charge is 2.29. The second-order valence-electron chi connectivity index (χ2n) is 6.63. The molecule has 7 nitrogen and oxygen atoms in total. The Bertz CT molecular complexity index is 1120. The highest BCUT2D eigenvalue weighted by atomic mass is 32.2. The maximum atomic E-state index is 13.7. The molecule has 0 unspecified atom stereocenters. The van der Waals surface area contributed by atoms with Gasteiger partial charge in [0.25, 0.3) is 10.0 Å². The van der Waals surface area contributed by atoms with Crippen LogP contribution in [0.3, 0.4) is 0 Å². The van der Waals surface area contributed by atoms with Gasteiger partial charge in [0, 0.05) is 36.3 Å². The summed E-state index contributed by atoms with van der Waals surface area (Å²) in [6.45, 7) is 4.45. The normalized spacial score (nSPS) is 11.3. The van der Waals surface area contributed by atoms with E-state index >= 15 is 0 Å². The van der Waals surface area contributed by atoms with Gasteiger partial charge in [-0.1, -0.05) is 12.1 Å². The molecule has 0 saturated carbocycles. The molecule has 158 valence electrons. The quantitative estimate of drug-likeness (QED) is 0.551. The van der Waals surface area contributed by atoms with E-state index in [1.807, 2.05) is 13.8 Å². The number of aromatic nitrogens is 1. The molecule has 0 bridgehead atoms. The van der Waals surface area contributed by atoms with Crippen LogP contribution in [0.25, 0.3) is 10.8 Å². The summed E-state index contributed by atoms with van der Waals surface area (Å²) >= 11 is 0. The van der Waals surface area contributed by atoms with E-state index in [0.29, 0.717) is 35.3 Å². The number of pyridine rings is 1. The van der Waals surface area contributed by atoms with Gasteiger partial charge in [0.2, 0.25) is 5.91 Å². The molecule has 0 aliphatic rings. The van der Waals surface area contributed by atoms with Crippen molar-refractivity contribution < 1.29 is 17.9 Å². The number of fused-ring (bicyclic) bond motifs is 1. The van der Waals surface area contributed by atoms with Crippen molar-refractivity contribution >= 4 is 32.4 Å². The molecule has 0 N–H and O–H groups in total. The van der Waals surface area contributed by atoms with Crippen LogP contribution < -0.4 is 9.04 Å². The van der Waals surface area contributed by atoms with Gasteiger partial charge in [-0.2, -0.15) is 0 Å². The lowest BCUT2D eigenvalue weighted by Crippen LogP contribution is -2.43. The predicted octanol–water partition coefficient (Wildman–Crippen LogP) is 3.31. The molecule has 0 spiro atoms. The molecule has 0 radical (unpaired) electrons. The van der Waals surface area contributed by atoms with Crippen LogP contribution in [0.2, 0.25) is 0 Å². The van der Waals surface area contributed by atoms with Crippen LogP contribution in [-0.4, -0.2) is 51.0 Å². The molecule has 1 amide bonds. The topological polar surface area (TPSA) is 79.8 Å². The molecule has 2 aromatic carbocycles. The lowest BCUT2D eigenvalue weighted by Gasteiger charge is -2.28. The third-order valence-electron chi connectivity index (χ3n) is 4.96. The van der Waals surface area contributed by atoms with Crippen LogP contribution >= 0.6 is 0 Å². The second kappa shape index (κ2) is 9.13. The number of amides is 1. The Labute approximate surface area is 176 Å². The molecular weight excluding hydrogens is 402 g/mol. The minimum atomic E-state index is -4.03. The number of likely N-dealkylation sites (N-methyl/N-ethyl adjacent to an activating group) is 1. The molecular formula is C22H25N3O4S. The Morgan fingerprint density at radius 1 is 1.03 bits per heavy atom. The van der Waals surface area contributed by atoms with Crippen molar-refractivity contribution in [1.82, 2.24) is 9.88 Å². The Balaban J connectivity index is 2.13. The van der Waals surface area contributed by atoms with Gasteiger partial charge in [0.05, 0.1) is 17.7 Å². The maximum absolute atomic E-state index is 13.7. The minimum absolute atomic E-state index is 0.130. The van der Waals surface area contributed by atoms with Gasteiger partial charge in [0.1, 0.15) is 12.3 Å². The van der Waals surface area contributed by atoms with Crippen molar-refractivity contribution in [3.63, 3.8) is 0 Å². The van der Waals surface area contributed by atoms with Crippen LogP contribution in [0, 0.1) is 0 Å². The maximum Gasteiger partial charge on any atom is 0.265 e. The van der Waals surface area contributed by atoms with Crippen LogP contribution in [0.4, 0.5) is 5.69 Å². The molecule has 30 heavy (non-hydrogen) atoms. The van der Waals surface area contributed by atoms with E-state index < -0.39 is 10.0 Å². The van der Waals surface area contributed by atoms with Gasteiger partial charge >= 0.3 is 0 Å². The zero-order valence-corrected chi connectivity index (χ0v) is 18.1. The highest BCUT2D eigenvalue weighted by Crippen LogP contribution is 2.30. The Morgan fingerprint density at radius 3 is 2.37 bits per heavy atom. The van der Waals surface area contributed by atoms with Gasteiger partial charge in [0.15, 0.2) is 0 Å². The summed E-state index contributed by atoms with van der Waals surface area (Å²) in [7, 11) is -2.49. The van der Waals surface area contributed by atoms with Crippen LogP contribution in [0.15, 0.2) is 65.8 Å². The monoisotopic (exact) mass is 427 g/mol. The molecule has 0 saturated heterocycles. The lowest BCUT2D eigenvalue weighted by molar-refractivity contribution is -0.129. The molecule has 1 heterocycles. The summed E-state index contributed by atoms with van der Waals surface area (Å²) in [5.41, 5.74) is 0.391. The molecule has 0 aliphatic carbocycles. The summed E-state index contributed by atoms with van der Waals surface area (Å²) in [6, 6.07) is 13.3. The summed E-state index contributed by atoms with van der Waals surface area (Å²) < 4.78 is 33.8. The number of carbonyl (C=O) groups excluding carboxylic acids is 1. The van der Waals surface area contributed by atoms with Crippen LogP contribution in [0.1, 0.15) is 13.8 Å². The van der Waals surface area contributed by atoms with Gasteiger partial charge in [-0.3, -0.25) is 14.1 Å². The van der Waals surface area contributed by atoms with Crippen molar-refractivity contribution in [1.29, 1.82) is 0 Å². The summed E-state index contributed by atoms with van der Waals surface area (Å²) in [5.74, 6) is 0.337. The molecule has 0 aliphatic heterocycles. The summed E-state index contributed by atoms with van der Waals surface area (Å²) in [5, 5.41) is 1.27. The molecule has 3 aromatic rings. The van der Waals surface area contributed by atoms with Crippen LogP contribution in [0.5, 0.6) is 5.75 Å². The summed E-state index contributed by atoms with van der Waals surface area (Å²) in [6.07, 6.45) is 3.17. The molecule has 8 heteroatoms. The Kier molecular flexibility index (Phi) is 6.56.